The quantitative estimate of drug-likeness (QED) is 0.528. The maximum atomic E-state index is 12.2. The summed E-state index contributed by atoms with van der Waals surface area (Å²) < 4.78 is 4.95. The molecule has 8 nitrogen and oxygen atoms in total. The predicted octanol–water partition coefficient (Wildman–Crippen LogP) is 3.79. The van der Waals surface area contributed by atoms with E-state index in [4.69, 9.17) is 16.0 Å². The van der Waals surface area contributed by atoms with E-state index in [-0.39, 0.29) is 11.8 Å². The number of hydrogen-bond acceptors (Lipinski definition) is 6. The molecular weight excluding hydrogens is 384 g/mol. The molecule has 1 aliphatic rings. The van der Waals surface area contributed by atoms with E-state index in [0.29, 0.717) is 5.02 Å². The molecule has 1 N–H and O–H groups in total. The van der Waals surface area contributed by atoms with Crippen molar-refractivity contribution in [1.29, 1.82) is 0 Å². The largest absolute Gasteiger partial charge is 0.433 e. The number of halogens is 1. The highest BCUT2D eigenvalue weighted by Crippen LogP contribution is 2.28. The van der Waals surface area contributed by atoms with Gasteiger partial charge in [0.25, 0.3) is 5.91 Å². The molecule has 0 bridgehead atoms. The number of rotatable bonds is 4. The molecule has 1 fully saturated rings. The Morgan fingerprint density at radius 1 is 1.25 bits per heavy atom. The van der Waals surface area contributed by atoms with Gasteiger partial charge in [-0.3, -0.25) is 14.9 Å². The number of benzene rings is 1. The first-order valence-electron chi connectivity index (χ1n) is 8.85. The third-order valence-electron chi connectivity index (χ3n) is 4.83. The van der Waals surface area contributed by atoms with Crippen molar-refractivity contribution >= 4 is 40.0 Å². The van der Waals surface area contributed by atoms with Crippen LogP contribution in [0.2, 0.25) is 5.02 Å². The van der Waals surface area contributed by atoms with Gasteiger partial charge in [0.2, 0.25) is 0 Å². The predicted molar refractivity (Wildman–Crippen MR) is 105 cm³/mol. The first-order valence-corrected chi connectivity index (χ1v) is 9.23. The topological polar surface area (TPSA) is 102 Å². The molecule has 0 atom stereocenters. The lowest BCUT2D eigenvalue weighted by Gasteiger charge is -2.33. The Morgan fingerprint density at radius 2 is 2.04 bits per heavy atom. The molecule has 0 aliphatic carbocycles. The average Bonchev–Trinajstić information content (AvgIpc) is 3.19. The molecule has 1 amide bonds. The second-order valence-corrected chi connectivity index (χ2v) is 7.07. The molecule has 3 heterocycles. The number of carbonyl (C=O) groups is 1. The minimum atomic E-state index is -0.667. The first kappa shape index (κ1) is 18.2. The fourth-order valence-corrected chi connectivity index (χ4v) is 3.61. The minimum Gasteiger partial charge on any atom is -0.395 e. The van der Waals surface area contributed by atoms with E-state index < -0.39 is 16.7 Å². The van der Waals surface area contributed by atoms with Crippen LogP contribution in [0.4, 0.5) is 11.7 Å². The Hall–Kier alpha value is -3.13. The van der Waals surface area contributed by atoms with E-state index in [1.165, 1.54) is 12.1 Å². The third kappa shape index (κ3) is 3.63. The highest BCUT2D eigenvalue weighted by Gasteiger charge is 2.25. The van der Waals surface area contributed by atoms with Gasteiger partial charge in [-0.25, -0.2) is 4.98 Å². The zero-order valence-corrected chi connectivity index (χ0v) is 15.6. The minimum absolute atomic E-state index is 0.0303. The highest BCUT2D eigenvalue weighted by molar-refractivity contribution is 6.31. The number of furan rings is 1. The van der Waals surface area contributed by atoms with Crippen LogP contribution in [0.25, 0.3) is 10.8 Å². The van der Waals surface area contributed by atoms with Crippen LogP contribution >= 0.6 is 11.6 Å². The number of aromatic nitrogens is 1. The van der Waals surface area contributed by atoms with Crippen LogP contribution in [-0.2, 0) is 0 Å². The summed E-state index contributed by atoms with van der Waals surface area (Å²) >= 11 is 6.07. The Morgan fingerprint density at radius 3 is 2.75 bits per heavy atom. The summed E-state index contributed by atoms with van der Waals surface area (Å²) in [5.74, 6) is -0.0334. The number of nitrogens with one attached hydrogen (secondary N) is 1. The van der Waals surface area contributed by atoms with Gasteiger partial charge in [0.15, 0.2) is 5.76 Å². The molecular formula is C19H17ClN4O4. The molecule has 3 aromatic rings. The molecule has 1 aromatic carbocycles. The fourth-order valence-electron chi connectivity index (χ4n) is 3.42. The normalized spacial score (nSPS) is 15.0. The Labute approximate surface area is 165 Å². The fraction of sp³-hybridized carbons (Fsp3) is 0.263. The van der Waals surface area contributed by atoms with Gasteiger partial charge in [0.05, 0.1) is 6.07 Å². The van der Waals surface area contributed by atoms with Crippen molar-refractivity contribution in [2.45, 2.75) is 18.9 Å². The molecule has 28 heavy (non-hydrogen) atoms. The van der Waals surface area contributed by atoms with Crippen molar-refractivity contribution in [3.8, 4) is 0 Å². The lowest BCUT2D eigenvalue weighted by Crippen LogP contribution is -2.45. The van der Waals surface area contributed by atoms with Crippen molar-refractivity contribution in [2.75, 3.05) is 18.0 Å². The zero-order valence-electron chi connectivity index (χ0n) is 14.8. The number of nitrogens with zero attached hydrogens (tertiary/aromatic N) is 3. The van der Waals surface area contributed by atoms with Gasteiger partial charge in [-0.2, -0.15) is 0 Å². The van der Waals surface area contributed by atoms with E-state index in [1.54, 1.807) is 6.20 Å². The molecule has 144 valence electrons. The SMILES string of the molecule is O=C(NC1CCN(c2nccc3cc(Cl)ccc23)CC1)c1ccc([N+](=O)[O-])o1. The van der Waals surface area contributed by atoms with Crippen LogP contribution in [0.3, 0.4) is 0 Å². The van der Waals surface area contributed by atoms with Crippen LogP contribution in [0.1, 0.15) is 23.4 Å². The van der Waals surface area contributed by atoms with Gasteiger partial charge in [0, 0.05) is 35.7 Å². The number of pyridine rings is 1. The second kappa shape index (κ2) is 7.47. The summed E-state index contributed by atoms with van der Waals surface area (Å²) in [5, 5.41) is 16.3. The Kier molecular flexibility index (Phi) is 4.87. The molecule has 4 rings (SSSR count). The van der Waals surface area contributed by atoms with Gasteiger partial charge in [-0.15, -0.1) is 0 Å². The molecule has 2 aromatic heterocycles. The summed E-state index contributed by atoms with van der Waals surface area (Å²) in [6, 6.07) is 10.1. The first-order chi connectivity index (χ1) is 13.5. The number of fused-ring (bicyclic) bond motifs is 1. The summed E-state index contributed by atoms with van der Waals surface area (Å²) in [4.78, 5) is 29.0. The molecule has 0 radical (unpaired) electrons. The van der Waals surface area contributed by atoms with Crippen LogP contribution < -0.4 is 10.2 Å². The van der Waals surface area contributed by atoms with Crippen molar-refractivity contribution in [2.24, 2.45) is 0 Å². The van der Waals surface area contributed by atoms with Gasteiger partial charge >= 0.3 is 5.88 Å². The standard InChI is InChI=1S/C19H17ClN4O4/c20-13-1-2-15-12(11-13)5-8-21-18(15)23-9-6-14(7-10-23)22-19(25)16-3-4-17(28-16)24(26)27/h1-5,8,11,14H,6-7,9-10H2,(H,22,25). The van der Waals surface area contributed by atoms with E-state index in [1.807, 2.05) is 24.3 Å². The van der Waals surface area contributed by atoms with Crippen LogP contribution in [0.5, 0.6) is 0 Å². The molecule has 1 saturated heterocycles. The van der Waals surface area contributed by atoms with E-state index >= 15 is 0 Å². The highest BCUT2D eigenvalue weighted by atomic mass is 35.5. The molecule has 1 aliphatic heterocycles. The summed E-state index contributed by atoms with van der Waals surface area (Å²) in [6.45, 7) is 1.47. The Bertz CT molecular complexity index is 1040. The maximum Gasteiger partial charge on any atom is 0.433 e. The molecule has 0 saturated carbocycles. The van der Waals surface area contributed by atoms with Crippen molar-refractivity contribution < 1.29 is 14.1 Å². The van der Waals surface area contributed by atoms with E-state index in [0.717, 1.165) is 42.5 Å². The number of amides is 1. The summed E-state index contributed by atoms with van der Waals surface area (Å²) in [6.07, 6.45) is 3.24. The number of anilines is 1. The van der Waals surface area contributed by atoms with Gasteiger partial charge in [0.1, 0.15) is 10.7 Å². The van der Waals surface area contributed by atoms with Crippen LogP contribution in [-0.4, -0.2) is 34.9 Å². The smallest absolute Gasteiger partial charge is 0.395 e. The van der Waals surface area contributed by atoms with Gasteiger partial charge in [-0.05, 0) is 48.6 Å². The van der Waals surface area contributed by atoms with Crippen molar-refractivity contribution in [3.63, 3.8) is 0 Å². The van der Waals surface area contributed by atoms with Crippen LogP contribution in [0.15, 0.2) is 47.0 Å². The Balaban J connectivity index is 1.41. The lowest BCUT2D eigenvalue weighted by atomic mass is 10.0. The van der Waals surface area contributed by atoms with E-state index in [9.17, 15) is 14.9 Å². The van der Waals surface area contributed by atoms with E-state index in [2.05, 4.69) is 15.2 Å². The van der Waals surface area contributed by atoms with Gasteiger partial charge in [-0.1, -0.05) is 11.6 Å². The van der Waals surface area contributed by atoms with Crippen molar-refractivity contribution in [1.82, 2.24) is 10.3 Å². The number of hydrogen-bond donors (Lipinski definition) is 1. The van der Waals surface area contributed by atoms with Crippen molar-refractivity contribution in [3.05, 3.63) is 63.5 Å². The molecule has 9 heteroatoms. The van der Waals surface area contributed by atoms with Crippen LogP contribution in [0, 0.1) is 10.1 Å². The zero-order chi connectivity index (χ0) is 19.7. The number of nitro groups is 1. The lowest BCUT2D eigenvalue weighted by molar-refractivity contribution is -0.402. The molecule has 0 unspecified atom stereocenters. The second-order valence-electron chi connectivity index (χ2n) is 6.63. The summed E-state index contributed by atoms with van der Waals surface area (Å²) in [5.41, 5.74) is 0. The number of piperidine rings is 1. The summed E-state index contributed by atoms with van der Waals surface area (Å²) in [7, 11) is 0. The third-order valence-corrected chi connectivity index (χ3v) is 5.07. The molecule has 0 spiro atoms. The number of carbonyl (C=O) groups excluding carboxylic acids is 1. The van der Waals surface area contributed by atoms with Gasteiger partial charge < -0.3 is 14.6 Å². The monoisotopic (exact) mass is 400 g/mol. The maximum absolute atomic E-state index is 12.2. The average molecular weight is 401 g/mol.